The Bertz CT molecular complexity index is 1510. The van der Waals surface area contributed by atoms with E-state index in [4.69, 9.17) is 0 Å². The maximum atomic E-state index is 13.9. The molecule has 3 heterocycles. The molecule has 0 N–H and O–H groups in total. The van der Waals surface area contributed by atoms with Crippen LogP contribution in [0.3, 0.4) is 0 Å². The largest absolute Gasteiger partial charge is 0.268 e. The first-order valence-corrected chi connectivity index (χ1v) is 12.7. The average molecular weight is 459 g/mol. The predicted octanol–water partition coefficient (Wildman–Crippen LogP) is 5.57. The molecule has 6 rings (SSSR count). The Morgan fingerprint density at radius 3 is 2.62 bits per heavy atom. The van der Waals surface area contributed by atoms with E-state index < -0.39 is 0 Å². The van der Waals surface area contributed by atoms with Gasteiger partial charge < -0.3 is 0 Å². The van der Waals surface area contributed by atoms with Crippen molar-refractivity contribution in [2.24, 2.45) is 0 Å². The Morgan fingerprint density at radius 1 is 1.00 bits per heavy atom. The first-order chi connectivity index (χ1) is 15.7. The second kappa shape index (κ2) is 7.90. The molecule has 1 aliphatic carbocycles. The summed E-state index contributed by atoms with van der Waals surface area (Å²) in [4.78, 5) is 16.2. The smallest absolute Gasteiger partial charge is 0.268 e. The molecule has 7 heteroatoms. The zero-order valence-corrected chi connectivity index (χ0v) is 19.4. The van der Waals surface area contributed by atoms with Crippen LogP contribution in [-0.2, 0) is 18.6 Å². The molecule has 32 heavy (non-hydrogen) atoms. The summed E-state index contributed by atoms with van der Waals surface area (Å²) in [7, 11) is 0. The minimum atomic E-state index is 0.0215. The van der Waals surface area contributed by atoms with Gasteiger partial charge in [0, 0.05) is 10.6 Å². The minimum Gasteiger partial charge on any atom is -0.268 e. The Kier molecular flexibility index (Phi) is 4.88. The summed E-state index contributed by atoms with van der Waals surface area (Å²) >= 11 is 3.41. The fourth-order valence-corrected chi connectivity index (χ4v) is 6.89. The summed E-state index contributed by atoms with van der Waals surface area (Å²) in [5.74, 6) is 1.39. The van der Waals surface area contributed by atoms with Gasteiger partial charge in [0.2, 0.25) is 5.78 Å². The molecule has 0 atom stereocenters. The number of fused-ring (bicyclic) bond motifs is 5. The van der Waals surface area contributed by atoms with Gasteiger partial charge in [-0.3, -0.25) is 4.79 Å². The average Bonchev–Trinajstić information content (AvgIpc) is 3.41. The molecule has 5 aromatic rings. The van der Waals surface area contributed by atoms with E-state index in [9.17, 15) is 4.79 Å². The molecule has 0 unspecified atom stereocenters. The second-order valence-corrected chi connectivity index (χ2v) is 10.2. The lowest BCUT2D eigenvalue weighted by atomic mass is 9.97. The highest BCUT2D eigenvalue weighted by molar-refractivity contribution is 7.98. The van der Waals surface area contributed by atoms with Gasteiger partial charge in [0.25, 0.3) is 5.56 Å². The van der Waals surface area contributed by atoms with Crippen molar-refractivity contribution in [1.29, 1.82) is 0 Å². The van der Waals surface area contributed by atoms with Crippen molar-refractivity contribution in [3.8, 4) is 5.69 Å². The normalized spacial score (nSPS) is 13.7. The number of aryl methyl sites for hydroxylation is 3. The lowest BCUT2D eigenvalue weighted by Gasteiger charge is -2.13. The molecule has 0 saturated carbocycles. The van der Waals surface area contributed by atoms with Crippen LogP contribution in [0.25, 0.3) is 21.7 Å². The number of thiophene rings is 1. The fourth-order valence-electron chi connectivity index (χ4n) is 4.56. The zero-order valence-electron chi connectivity index (χ0n) is 17.7. The number of rotatable bonds is 4. The molecular weight excluding hydrogens is 436 g/mol. The highest BCUT2D eigenvalue weighted by atomic mass is 32.2. The fraction of sp³-hybridized carbons (Fsp3) is 0.240. The van der Waals surface area contributed by atoms with Gasteiger partial charge in [-0.25, -0.2) is 8.97 Å². The second-order valence-electron chi connectivity index (χ2n) is 8.21. The van der Waals surface area contributed by atoms with E-state index in [0.717, 1.165) is 51.6 Å². The van der Waals surface area contributed by atoms with Crippen molar-refractivity contribution in [3.63, 3.8) is 0 Å². The quantitative estimate of drug-likeness (QED) is 0.330. The Hall–Kier alpha value is -2.90. The lowest BCUT2D eigenvalue weighted by Crippen LogP contribution is -2.23. The highest BCUT2D eigenvalue weighted by Crippen LogP contribution is 2.37. The van der Waals surface area contributed by atoms with E-state index in [-0.39, 0.29) is 5.56 Å². The van der Waals surface area contributed by atoms with Gasteiger partial charge in [-0.05, 0) is 55.4 Å². The monoisotopic (exact) mass is 458 g/mol. The summed E-state index contributed by atoms with van der Waals surface area (Å²) in [6.07, 6.45) is 4.35. The number of hydrogen-bond donors (Lipinski definition) is 0. The summed E-state index contributed by atoms with van der Waals surface area (Å²) in [5.41, 5.74) is 4.41. The van der Waals surface area contributed by atoms with Crippen LogP contribution in [0.5, 0.6) is 0 Å². The molecule has 0 radical (unpaired) electrons. The first kappa shape index (κ1) is 19.8. The van der Waals surface area contributed by atoms with Crippen LogP contribution in [0.1, 0.15) is 34.4 Å². The van der Waals surface area contributed by atoms with Gasteiger partial charge in [-0.1, -0.05) is 60.3 Å². The van der Waals surface area contributed by atoms with E-state index in [1.807, 2.05) is 37.3 Å². The molecule has 2 aromatic carbocycles. The van der Waals surface area contributed by atoms with Gasteiger partial charge in [0.15, 0.2) is 5.16 Å². The topological polar surface area (TPSA) is 52.2 Å². The molecule has 5 nitrogen and oxygen atoms in total. The van der Waals surface area contributed by atoms with Crippen molar-refractivity contribution < 1.29 is 0 Å². The molecule has 160 valence electrons. The van der Waals surface area contributed by atoms with Crippen LogP contribution in [0.2, 0.25) is 0 Å². The molecule has 0 amide bonds. The predicted molar refractivity (Wildman–Crippen MR) is 131 cm³/mol. The van der Waals surface area contributed by atoms with E-state index in [2.05, 4.69) is 38.9 Å². The van der Waals surface area contributed by atoms with Crippen LogP contribution in [0.15, 0.2) is 64.5 Å². The third-order valence-electron chi connectivity index (χ3n) is 6.16. The van der Waals surface area contributed by atoms with Crippen molar-refractivity contribution in [1.82, 2.24) is 19.2 Å². The van der Waals surface area contributed by atoms with Crippen molar-refractivity contribution in [2.75, 3.05) is 0 Å². The van der Waals surface area contributed by atoms with Gasteiger partial charge >= 0.3 is 0 Å². The van der Waals surface area contributed by atoms with E-state index >= 15 is 0 Å². The van der Waals surface area contributed by atoms with Gasteiger partial charge in [0.05, 0.1) is 11.1 Å². The van der Waals surface area contributed by atoms with Crippen molar-refractivity contribution in [2.45, 2.75) is 43.5 Å². The minimum absolute atomic E-state index is 0.0215. The maximum Gasteiger partial charge on any atom is 0.268 e. The van der Waals surface area contributed by atoms with E-state index in [1.165, 1.54) is 22.4 Å². The third kappa shape index (κ3) is 3.11. The van der Waals surface area contributed by atoms with E-state index in [0.29, 0.717) is 5.78 Å². The number of thioether (sulfide) groups is 1. The molecule has 3 aromatic heterocycles. The SMILES string of the molecule is Cc1ccccc1-n1c(=O)c2c3c(sc2n2c(SCc4ccccc4)nnc12)CCCC3. The van der Waals surface area contributed by atoms with Crippen LogP contribution < -0.4 is 5.56 Å². The van der Waals surface area contributed by atoms with Crippen molar-refractivity contribution in [3.05, 3.63) is 86.5 Å². The highest BCUT2D eigenvalue weighted by Gasteiger charge is 2.25. The standard InChI is InChI=1S/C25H22N4OS2/c1-16-9-5-7-13-19(16)28-22(30)21-18-12-6-8-14-20(18)32-23(21)29-24(28)26-27-25(29)31-15-17-10-3-2-4-11-17/h2-5,7,9-11,13H,6,8,12,14-15H2,1H3. The van der Waals surface area contributed by atoms with E-state index in [1.54, 1.807) is 27.7 Å². The number of nitrogens with zero attached hydrogens (tertiary/aromatic N) is 4. The molecule has 1 aliphatic rings. The molecule has 0 fully saturated rings. The number of hydrogen-bond acceptors (Lipinski definition) is 5. The zero-order chi connectivity index (χ0) is 21.7. The molecule has 0 saturated heterocycles. The first-order valence-electron chi connectivity index (χ1n) is 10.9. The lowest BCUT2D eigenvalue weighted by molar-refractivity contribution is 0.699. The Labute approximate surface area is 193 Å². The van der Waals surface area contributed by atoms with Crippen LogP contribution >= 0.6 is 23.1 Å². The van der Waals surface area contributed by atoms with Gasteiger partial charge in [0.1, 0.15) is 4.83 Å². The molecular formula is C25H22N4OS2. The summed E-state index contributed by atoms with van der Waals surface area (Å²) in [6.45, 7) is 2.03. The van der Waals surface area contributed by atoms with Crippen LogP contribution in [0, 0.1) is 6.92 Å². The number of para-hydroxylation sites is 1. The number of aromatic nitrogens is 4. The third-order valence-corrected chi connectivity index (χ3v) is 8.43. The molecule has 0 bridgehead atoms. The van der Waals surface area contributed by atoms with Gasteiger partial charge in [-0.15, -0.1) is 21.5 Å². The summed E-state index contributed by atoms with van der Waals surface area (Å²) < 4.78 is 3.87. The summed E-state index contributed by atoms with van der Waals surface area (Å²) in [5, 5.41) is 10.8. The Balaban J connectivity index is 1.63. The van der Waals surface area contributed by atoms with Crippen molar-refractivity contribution >= 4 is 39.1 Å². The van der Waals surface area contributed by atoms with Crippen LogP contribution in [-0.4, -0.2) is 19.2 Å². The van der Waals surface area contributed by atoms with Gasteiger partial charge in [-0.2, -0.15) is 0 Å². The molecule has 0 aliphatic heterocycles. The van der Waals surface area contributed by atoms with Crippen LogP contribution in [0.4, 0.5) is 0 Å². The number of benzene rings is 2. The maximum absolute atomic E-state index is 13.9. The summed E-state index contributed by atoms with van der Waals surface area (Å²) in [6, 6.07) is 18.4. The Morgan fingerprint density at radius 2 is 1.78 bits per heavy atom. The molecule has 0 spiro atoms.